The van der Waals surface area contributed by atoms with Crippen molar-refractivity contribution < 1.29 is 23.8 Å². The first-order valence-corrected chi connectivity index (χ1v) is 7.59. The summed E-state index contributed by atoms with van der Waals surface area (Å²) in [6.45, 7) is 2.49. The van der Waals surface area contributed by atoms with Gasteiger partial charge in [0.25, 0.3) is 0 Å². The van der Waals surface area contributed by atoms with Gasteiger partial charge in [0.1, 0.15) is 0 Å². The SMILES string of the molecule is CCCCOC(=O)C1C2CCC(C3OC23)C1C(=O)OC. The minimum atomic E-state index is -0.378. The van der Waals surface area contributed by atoms with Gasteiger partial charge < -0.3 is 14.2 Å². The van der Waals surface area contributed by atoms with Crippen molar-refractivity contribution >= 4 is 11.9 Å². The van der Waals surface area contributed by atoms with E-state index in [2.05, 4.69) is 6.92 Å². The third-order valence-corrected chi connectivity index (χ3v) is 5.04. The van der Waals surface area contributed by atoms with E-state index in [-0.39, 0.29) is 47.8 Å². The standard InChI is InChI=1S/C15H22O5/c1-3-4-7-19-15(17)11-9-6-5-8(12-13(9)20-12)10(11)14(16)18-2/h8-13H,3-7H2,1-2H3. The Kier molecular flexibility index (Phi) is 3.71. The number of fused-ring (bicyclic) bond motifs is 2. The lowest BCUT2D eigenvalue weighted by molar-refractivity contribution is -0.169. The second-order valence-electron chi connectivity index (χ2n) is 6.07. The highest BCUT2D eigenvalue weighted by atomic mass is 16.6. The second-order valence-corrected chi connectivity index (χ2v) is 6.07. The van der Waals surface area contributed by atoms with Gasteiger partial charge in [-0.3, -0.25) is 9.59 Å². The fourth-order valence-corrected chi connectivity index (χ4v) is 4.03. The number of methoxy groups -OCH3 is 1. The van der Waals surface area contributed by atoms with Gasteiger partial charge in [0.05, 0.1) is 37.8 Å². The predicted molar refractivity (Wildman–Crippen MR) is 69.7 cm³/mol. The van der Waals surface area contributed by atoms with Gasteiger partial charge in [-0.25, -0.2) is 0 Å². The molecule has 0 aromatic heterocycles. The van der Waals surface area contributed by atoms with Crippen LogP contribution in [-0.2, 0) is 23.8 Å². The highest BCUT2D eigenvalue weighted by Crippen LogP contribution is 2.58. The van der Waals surface area contributed by atoms with Crippen molar-refractivity contribution in [2.75, 3.05) is 13.7 Å². The Morgan fingerprint density at radius 1 is 1.10 bits per heavy atom. The van der Waals surface area contributed by atoms with Gasteiger partial charge in [-0.2, -0.15) is 0 Å². The monoisotopic (exact) mass is 282 g/mol. The van der Waals surface area contributed by atoms with E-state index in [0.29, 0.717) is 6.61 Å². The zero-order valence-electron chi connectivity index (χ0n) is 12.0. The molecule has 4 fully saturated rings. The Bertz CT molecular complexity index is 407. The van der Waals surface area contributed by atoms with Crippen LogP contribution in [0.2, 0.25) is 0 Å². The Morgan fingerprint density at radius 3 is 2.25 bits per heavy atom. The molecular formula is C15H22O5. The summed E-state index contributed by atoms with van der Waals surface area (Å²) >= 11 is 0. The highest BCUT2D eigenvalue weighted by molar-refractivity contribution is 5.83. The van der Waals surface area contributed by atoms with Crippen LogP contribution in [0.1, 0.15) is 32.6 Å². The summed E-state index contributed by atoms with van der Waals surface area (Å²) in [7, 11) is 1.38. The van der Waals surface area contributed by atoms with Gasteiger partial charge in [0, 0.05) is 11.8 Å². The third kappa shape index (κ3) is 2.12. The molecule has 1 saturated heterocycles. The molecule has 0 amide bonds. The number of esters is 2. The van der Waals surface area contributed by atoms with E-state index in [0.717, 1.165) is 25.7 Å². The molecule has 3 saturated carbocycles. The molecule has 4 rings (SSSR count). The lowest BCUT2D eigenvalue weighted by atomic mass is 9.58. The van der Waals surface area contributed by atoms with Gasteiger partial charge in [-0.05, 0) is 19.3 Å². The lowest BCUT2D eigenvalue weighted by Gasteiger charge is -2.42. The molecule has 20 heavy (non-hydrogen) atoms. The van der Waals surface area contributed by atoms with Crippen LogP contribution < -0.4 is 0 Å². The molecule has 3 aliphatic carbocycles. The number of epoxide rings is 1. The first-order valence-electron chi connectivity index (χ1n) is 7.59. The van der Waals surface area contributed by atoms with Gasteiger partial charge in [0.2, 0.25) is 0 Å². The molecular weight excluding hydrogens is 260 g/mol. The van der Waals surface area contributed by atoms with Crippen LogP contribution in [-0.4, -0.2) is 37.9 Å². The molecule has 0 spiro atoms. The van der Waals surface area contributed by atoms with E-state index in [1.807, 2.05) is 0 Å². The lowest BCUT2D eigenvalue weighted by Crippen LogP contribution is -2.52. The van der Waals surface area contributed by atoms with Crippen LogP contribution >= 0.6 is 0 Å². The number of ether oxygens (including phenoxy) is 3. The van der Waals surface area contributed by atoms with E-state index in [4.69, 9.17) is 14.2 Å². The molecule has 6 atom stereocenters. The summed E-state index contributed by atoms with van der Waals surface area (Å²) < 4.78 is 16.0. The van der Waals surface area contributed by atoms with Gasteiger partial charge in [-0.15, -0.1) is 0 Å². The maximum atomic E-state index is 12.4. The van der Waals surface area contributed by atoms with Crippen LogP contribution in [0.3, 0.4) is 0 Å². The highest BCUT2D eigenvalue weighted by Gasteiger charge is 2.67. The van der Waals surface area contributed by atoms with Crippen molar-refractivity contribution in [1.29, 1.82) is 0 Å². The molecule has 1 aliphatic heterocycles. The Morgan fingerprint density at radius 2 is 1.70 bits per heavy atom. The minimum Gasteiger partial charge on any atom is -0.469 e. The summed E-state index contributed by atoms with van der Waals surface area (Å²) in [4.78, 5) is 24.5. The molecule has 1 heterocycles. The van der Waals surface area contributed by atoms with Crippen molar-refractivity contribution in [3.8, 4) is 0 Å². The van der Waals surface area contributed by atoms with Crippen molar-refractivity contribution in [1.82, 2.24) is 0 Å². The summed E-state index contributed by atoms with van der Waals surface area (Å²) in [5.74, 6) is -1.02. The summed E-state index contributed by atoms with van der Waals surface area (Å²) in [6, 6.07) is 0. The number of rotatable bonds is 5. The smallest absolute Gasteiger partial charge is 0.310 e. The Hall–Kier alpha value is -1.10. The molecule has 5 nitrogen and oxygen atoms in total. The fraction of sp³-hybridized carbons (Fsp3) is 0.867. The molecule has 5 heteroatoms. The Balaban J connectivity index is 1.75. The second kappa shape index (κ2) is 5.35. The van der Waals surface area contributed by atoms with Crippen molar-refractivity contribution in [2.45, 2.75) is 44.8 Å². The predicted octanol–water partition coefficient (Wildman–Crippen LogP) is 1.54. The van der Waals surface area contributed by atoms with E-state index in [9.17, 15) is 9.59 Å². The average Bonchev–Trinajstić information content (AvgIpc) is 3.27. The summed E-state index contributed by atoms with van der Waals surface area (Å²) in [5, 5.41) is 0. The number of unbranched alkanes of at least 4 members (excludes halogenated alkanes) is 1. The number of carbonyl (C=O) groups is 2. The number of hydrogen-bond acceptors (Lipinski definition) is 5. The molecule has 0 aromatic carbocycles. The maximum absolute atomic E-state index is 12.4. The maximum Gasteiger partial charge on any atom is 0.310 e. The van der Waals surface area contributed by atoms with Crippen LogP contribution in [0, 0.1) is 23.7 Å². The quantitative estimate of drug-likeness (QED) is 0.435. The first-order chi connectivity index (χ1) is 9.69. The normalized spacial score (nSPS) is 40.9. The summed E-state index contributed by atoms with van der Waals surface area (Å²) in [5.41, 5.74) is 0. The van der Waals surface area contributed by atoms with Crippen LogP contribution in [0.5, 0.6) is 0 Å². The number of hydrogen-bond donors (Lipinski definition) is 0. The molecule has 0 aromatic rings. The van der Waals surface area contributed by atoms with E-state index in [1.54, 1.807) is 0 Å². The van der Waals surface area contributed by atoms with Gasteiger partial charge >= 0.3 is 11.9 Å². The number of carbonyl (C=O) groups excluding carboxylic acids is 2. The molecule has 6 unspecified atom stereocenters. The largest absolute Gasteiger partial charge is 0.469 e. The van der Waals surface area contributed by atoms with E-state index < -0.39 is 0 Å². The zero-order valence-corrected chi connectivity index (χ0v) is 12.0. The Labute approximate surface area is 118 Å². The van der Waals surface area contributed by atoms with Crippen molar-refractivity contribution in [3.63, 3.8) is 0 Å². The van der Waals surface area contributed by atoms with E-state index in [1.165, 1.54) is 7.11 Å². The van der Waals surface area contributed by atoms with Gasteiger partial charge in [-0.1, -0.05) is 13.3 Å². The average molecular weight is 282 g/mol. The molecule has 112 valence electrons. The van der Waals surface area contributed by atoms with Crippen LogP contribution in [0.4, 0.5) is 0 Å². The molecule has 0 N–H and O–H groups in total. The molecule has 4 aliphatic rings. The fourth-order valence-electron chi connectivity index (χ4n) is 4.03. The van der Waals surface area contributed by atoms with Gasteiger partial charge in [0.15, 0.2) is 0 Å². The third-order valence-electron chi connectivity index (χ3n) is 5.04. The zero-order chi connectivity index (χ0) is 14.3. The minimum absolute atomic E-state index is 0.126. The topological polar surface area (TPSA) is 65.1 Å². The molecule has 2 bridgehead atoms. The summed E-state index contributed by atoms with van der Waals surface area (Å²) in [6.07, 6.45) is 4.07. The van der Waals surface area contributed by atoms with E-state index >= 15 is 0 Å². The van der Waals surface area contributed by atoms with Crippen molar-refractivity contribution in [2.24, 2.45) is 23.7 Å². The van der Waals surface area contributed by atoms with Crippen LogP contribution in [0.15, 0.2) is 0 Å². The van der Waals surface area contributed by atoms with Crippen molar-refractivity contribution in [3.05, 3.63) is 0 Å². The molecule has 0 radical (unpaired) electrons. The first kappa shape index (κ1) is 13.9. The van der Waals surface area contributed by atoms with Crippen LogP contribution in [0.25, 0.3) is 0 Å².